The van der Waals surface area contributed by atoms with Gasteiger partial charge in [0.05, 0.1) is 0 Å². The van der Waals surface area contributed by atoms with Crippen LogP contribution in [0.4, 0.5) is 5.82 Å². The highest BCUT2D eigenvalue weighted by atomic mass is 16.5. The predicted octanol–water partition coefficient (Wildman–Crippen LogP) is 1.47. The maximum Gasteiger partial charge on any atom is 0.227 e. The molecule has 2 amide bonds. The lowest BCUT2D eigenvalue weighted by Gasteiger charge is -2.06. The fourth-order valence-corrected chi connectivity index (χ4v) is 1.39. The Balaban J connectivity index is 2.19. The molecule has 0 aliphatic carbocycles. The highest BCUT2D eigenvalue weighted by Crippen LogP contribution is 2.06. The van der Waals surface area contributed by atoms with Crippen LogP contribution < -0.4 is 10.6 Å². The summed E-state index contributed by atoms with van der Waals surface area (Å²) >= 11 is 0. The van der Waals surface area contributed by atoms with E-state index in [-0.39, 0.29) is 18.2 Å². The van der Waals surface area contributed by atoms with E-state index >= 15 is 0 Å². The molecule has 2 N–H and O–H groups in total. The SMILES string of the molecule is Cc1cc(NC(=O)CCNC(=O)CC(C)C)no1. The van der Waals surface area contributed by atoms with Crippen LogP contribution in [-0.2, 0) is 9.59 Å². The Morgan fingerprint density at radius 3 is 2.67 bits per heavy atom. The number of hydrogen-bond acceptors (Lipinski definition) is 4. The van der Waals surface area contributed by atoms with Gasteiger partial charge in [-0.3, -0.25) is 9.59 Å². The standard InChI is InChI=1S/C12H19N3O3/c1-8(2)6-12(17)13-5-4-11(16)14-10-7-9(3)18-15-10/h7-8H,4-6H2,1-3H3,(H,13,17)(H,14,15,16). The van der Waals surface area contributed by atoms with Crippen LogP contribution in [-0.4, -0.2) is 23.5 Å². The largest absolute Gasteiger partial charge is 0.360 e. The van der Waals surface area contributed by atoms with E-state index in [2.05, 4.69) is 15.8 Å². The predicted molar refractivity (Wildman–Crippen MR) is 67.0 cm³/mol. The second kappa shape index (κ2) is 6.78. The lowest BCUT2D eigenvalue weighted by molar-refractivity contribution is -0.122. The second-order valence-electron chi connectivity index (χ2n) is 4.57. The summed E-state index contributed by atoms with van der Waals surface area (Å²) in [6, 6.07) is 1.63. The number of carbonyl (C=O) groups is 2. The topological polar surface area (TPSA) is 84.2 Å². The first-order chi connectivity index (χ1) is 8.47. The molecular weight excluding hydrogens is 234 g/mol. The molecule has 0 spiro atoms. The zero-order valence-corrected chi connectivity index (χ0v) is 10.9. The normalized spacial score (nSPS) is 10.4. The number of amides is 2. The molecule has 1 aromatic heterocycles. The van der Waals surface area contributed by atoms with Crippen LogP contribution in [0.25, 0.3) is 0 Å². The van der Waals surface area contributed by atoms with Crippen molar-refractivity contribution >= 4 is 17.6 Å². The first-order valence-electron chi connectivity index (χ1n) is 5.97. The smallest absolute Gasteiger partial charge is 0.227 e. The van der Waals surface area contributed by atoms with Crippen molar-refractivity contribution in [3.05, 3.63) is 11.8 Å². The van der Waals surface area contributed by atoms with Crippen molar-refractivity contribution in [2.45, 2.75) is 33.6 Å². The van der Waals surface area contributed by atoms with Crippen LogP contribution in [0.3, 0.4) is 0 Å². The quantitative estimate of drug-likeness (QED) is 0.804. The third-order valence-electron chi connectivity index (χ3n) is 2.16. The van der Waals surface area contributed by atoms with E-state index in [0.29, 0.717) is 30.5 Å². The highest BCUT2D eigenvalue weighted by molar-refractivity contribution is 5.90. The van der Waals surface area contributed by atoms with Gasteiger partial charge < -0.3 is 15.2 Å². The molecule has 0 atom stereocenters. The van der Waals surface area contributed by atoms with Gasteiger partial charge in [-0.2, -0.15) is 0 Å². The Kier molecular flexibility index (Phi) is 5.35. The van der Waals surface area contributed by atoms with E-state index in [9.17, 15) is 9.59 Å². The fourth-order valence-electron chi connectivity index (χ4n) is 1.39. The minimum atomic E-state index is -0.201. The zero-order valence-electron chi connectivity index (χ0n) is 10.9. The molecule has 1 aromatic rings. The van der Waals surface area contributed by atoms with Crippen molar-refractivity contribution in [2.75, 3.05) is 11.9 Å². The summed E-state index contributed by atoms with van der Waals surface area (Å²) in [5.74, 6) is 1.11. The molecule has 0 aromatic carbocycles. The van der Waals surface area contributed by atoms with Crippen molar-refractivity contribution in [1.29, 1.82) is 0 Å². The minimum absolute atomic E-state index is 0.0323. The van der Waals surface area contributed by atoms with E-state index in [0.717, 1.165) is 0 Å². The van der Waals surface area contributed by atoms with Gasteiger partial charge in [-0.05, 0) is 12.8 Å². The molecule has 0 bridgehead atoms. The summed E-state index contributed by atoms with van der Waals surface area (Å²) in [5, 5.41) is 8.92. The minimum Gasteiger partial charge on any atom is -0.360 e. The fraction of sp³-hybridized carbons (Fsp3) is 0.583. The summed E-state index contributed by atoms with van der Waals surface area (Å²) in [7, 11) is 0. The summed E-state index contributed by atoms with van der Waals surface area (Å²) in [4.78, 5) is 22.8. The summed E-state index contributed by atoms with van der Waals surface area (Å²) < 4.78 is 4.82. The molecule has 0 aliphatic heterocycles. The molecule has 18 heavy (non-hydrogen) atoms. The molecule has 6 heteroatoms. The van der Waals surface area contributed by atoms with Crippen LogP contribution in [0.5, 0.6) is 0 Å². The summed E-state index contributed by atoms with van der Waals surface area (Å²) in [6.45, 7) is 6.02. The van der Waals surface area contributed by atoms with E-state index < -0.39 is 0 Å². The van der Waals surface area contributed by atoms with Gasteiger partial charge in [0.2, 0.25) is 11.8 Å². The van der Waals surface area contributed by atoms with Gasteiger partial charge >= 0.3 is 0 Å². The number of carbonyl (C=O) groups excluding carboxylic acids is 2. The monoisotopic (exact) mass is 253 g/mol. The van der Waals surface area contributed by atoms with Gasteiger partial charge in [-0.25, -0.2) is 0 Å². The van der Waals surface area contributed by atoms with E-state index in [1.165, 1.54) is 0 Å². The van der Waals surface area contributed by atoms with Gasteiger partial charge in [0.15, 0.2) is 5.82 Å². The molecule has 0 saturated carbocycles. The summed E-state index contributed by atoms with van der Waals surface area (Å²) in [5.41, 5.74) is 0. The number of nitrogens with zero attached hydrogens (tertiary/aromatic N) is 1. The number of aromatic nitrogens is 1. The number of nitrogens with one attached hydrogen (secondary N) is 2. The molecule has 1 rings (SSSR count). The molecule has 6 nitrogen and oxygen atoms in total. The van der Waals surface area contributed by atoms with Gasteiger partial charge in [0.1, 0.15) is 5.76 Å². The van der Waals surface area contributed by atoms with Gasteiger partial charge in [0.25, 0.3) is 0 Å². The summed E-state index contributed by atoms with van der Waals surface area (Å²) in [6.07, 6.45) is 0.694. The Morgan fingerprint density at radius 1 is 1.39 bits per heavy atom. The molecule has 100 valence electrons. The highest BCUT2D eigenvalue weighted by Gasteiger charge is 2.08. The average molecular weight is 253 g/mol. The number of hydrogen-bond donors (Lipinski definition) is 2. The van der Waals surface area contributed by atoms with Crippen molar-refractivity contribution in [3.63, 3.8) is 0 Å². The number of rotatable bonds is 6. The third kappa shape index (κ3) is 5.47. The Morgan fingerprint density at radius 2 is 2.11 bits per heavy atom. The van der Waals surface area contributed by atoms with Crippen LogP contribution in [0.15, 0.2) is 10.6 Å². The maximum absolute atomic E-state index is 11.5. The van der Waals surface area contributed by atoms with E-state index in [1.807, 2.05) is 13.8 Å². The lowest BCUT2D eigenvalue weighted by atomic mass is 10.1. The van der Waals surface area contributed by atoms with Gasteiger partial charge in [-0.1, -0.05) is 19.0 Å². The van der Waals surface area contributed by atoms with Crippen LogP contribution in [0, 0.1) is 12.8 Å². The van der Waals surface area contributed by atoms with Crippen molar-refractivity contribution in [3.8, 4) is 0 Å². The zero-order chi connectivity index (χ0) is 13.5. The van der Waals surface area contributed by atoms with Crippen LogP contribution >= 0.6 is 0 Å². The van der Waals surface area contributed by atoms with E-state index in [1.54, 1.807) is 13.0 Å². The second-order valence-corrected chi connectivity index (χ2v) is 4.57. The molecule has 0 fully saturated rings. The van der Waals surface area contributed by atoms with Crippen LogP contribution in [0.1, 0.15) is 32.4 Å². The Bertz CT molecular complexity index is 412. The number of anilines is 1. The van der Waals surface area contributed by atoms with E-state index in [4.69, 9.17) is 4.52 Å². The van der Waals surface area contributed by atoms with Gasteiger partial charge in [-0.15, -0.1) is 0 Å². The first kappa shape index (κ1) is 14.2. The van der Waals surface area contributed by atoms with Crippen molar-refractivity contribution in [2.24, 2.45) is 5.92 Å². The lowest BCUT2D eigenvalue weighted by Crippen LogP contribution is -2.28. The molecule has 0 saturated heterocycles. The van der Waals surface area contributed by atoms with Gasteiger partial charge in [0, 0.05) is 25.5 Å². The van der Waals surface area contributed by atoms with Crippen LogP contribution in [0.2, 0.25) is 0 Å². The molecule has 1 heterocycles. The molecular formula is C12H19N3O3. The first-order valence-corrected chi connectivity index (χ1v) is 5.97. The maximum atomic E-state index is 11.5. The Labute approximate surface area is 106 Å². The number of aryl methyl sites for hydroxylation is 1. The Hall–Kier alpha value is -1.85. The molecule has 0 aliphatic rings. The average Bonchev–Trinajstić information content (AvgIpc) is 2.62. The van der Waals surface area contributed by atoms with Crippen molar-refractivity contribution in [1.82, 2.24) is 10.5 Å². The molecule has 0 radical (unpaired) electrons. The molecule has 0 unspecified atom stereocenters. The third-order valence-corrected chi connectivity index (χ3v) is 2.16. The van der Waals surface area contributed by atoms with Crippen molar-refractivity contribution < 1.29 is 14.1 Å².